The number of anilines is 1. The monoisotopic (exact) mass is 365 g/mol. The van der Waals surface area contributed by atoms with Gasteiger partial charge in [-0.1, -0.05) is 0 Å². The summed E-state index contributed by atoms with van der Waals surface area (Å²) in [6.45, 7) is 2.83. The zero-order chi connectivity index (χ0) is 19.2. The van der Waals surface area contributed by atoms with Crippen LogP contribution >= 0.6 is 0 Å². The molecule has 1 aromatic heterocycles. The molecule has 0 unspecified atom stereocenters. The molecule has 0 radical (unpaired) electrons. The number of nitro benzene ring substituents is 1. The summed E-state index contributed by atoms with van der Waals surface area (Å²) in [5.74, 6) is -0.143. The number of carbonyl (C=O) groups is 1. The van der Waals surface area contributed by atoms with E-state index >= 15 is 0 Å². The number of nitrogens with zero attached hydrogens (tertiary/aromatic N) is 3. The van der Waals surface area contributed by atoms with Crippen LogP contribution in [0.15, 0.2) is 61.2 Å². The van der Waals surface area contributed by atoms with Crippen LogP contribution in [0.25, 0.3) is 5.69 Å². The molecule has 2 aromatic carbocycles. The van der Waals surface area contributed by atoms with E-state index in [-0.39, 0.29) is 11.6 Å². The minimum Gasteiger partial charge on any atom is -0.383 e. The van der Waals surface area contributed by atoms with Gasteiger partial charge in [0.2, 0.25) is 0 Å². The number of hydrogen-bond acceptors (Lipinski definition) is 5. The average Bonchev–Trinajstić information content (AvgIpc) is 3.20. The molecule has 0 aliphatic carbocycles. The topological polar surface area (TPSA) is 102 Å². The number of benzene rings is 2. The average molecular weight is 365 g/mol. The molecule has 3 aromatic rings. The van der Waals surface area contributed by atoms with Crippen LogP contribution in [0.1, 0.15) is 15.9 Å². The third-order valence-corrected chi connectivity index (χ3v) is 4.07. The Hall–Kier alpha value is -3.68. The first kappa shape index (κ1) is 18.1. The maximum atomic E-state index is 12.4. The number of nitrogens with one attached hydrogen (secondary N) is 2. The smallest absolute Gasteiger partial charge is 0.269 e. The Labute approximate surface area is 156 Å². The van der Waals surface area contributed by atoms with Crippen LogP contribution in [-0.2, 0) is 0 Å². The Morgan fingerprint density at radius 3 is 2.59 bits per heavy atom. The van der Waals surface area contributed by atoms with Crippen LogP contribution in [0.5, 0.6) is 0 Å². The van der Waals surface area contributed by atoms with E-state index in [9.17, 15) is 14.9 Å². The first-order valence-electron chi connectivity index (χ1n) is 8.40. The number of aryl methyl sites for hydroxylation is 1. The van der Waals surface area contributed by atoms with E-state index < -0.39 is 4.92 Å². The Bertz CT molecular complexity index is 936. The lowest BCUT2D eigenvalue weighted by atomic mass is 10.1. The van der Waals surface area contributed by atoms with Gasteiger partial charge in [-0.2, -0.15) is 0 Å². The Morgan fingerprint density at radius 2 is 1.96 bits per heavy atom. The summed E-state index contributed by atoms with van der Waals surface area (Å²) < 4.78 is 1.88. The molecular formula is C19H19N5O3. The maximum Gasteiger partial charge on any atom is 0.269 e. The molecular weight excluding hydrogens is 346 g/mol. The highest BCUT2D eigenvalue weighted by molar-refractivity contribution is 5.95. The lowest BCUT2D eigenvalue weighted by Crippen LogP contribution is -2.29. The number of amides is 1. The van der Waals surface area contributed by atoms with Gasteiger partial charge < -0.3 is 15.2 Å². The highest BCUT2D eigenvalue weighted by Gasteiger charge is 2.09. The molecule has 0 aliphatic rings. The van der Waals surface area contributed by atoms with Gasteiger partial charge >= 0.3 is 0 Å². The second-order valence-electron chi connectivity index (χ2n) is 5.96. The first-order chi connectivity index (χ1) is 13.0. The summed E-state index contributed by atoms with van der Waals surface area (Å²) in [6.07, 6.45) is 5.25. The van der Waals surface area contributed by atoms with Gasteiger partial charge in [-0.25, -0.2) is 4.98 Å². The van der Waals surface area contributed by atoms with Crippen LogP contribution in [0.3, 0.4) is 0 Å². The number of aromatic nitrogens is 2. The molecule has 2 N–H and O–H groups in total. The zero-order valence-corrected chi connectivity index (χ0v) is 14.8. The maximum absolute atomic E-state index is 12.4. The minimum atomic E-state index is -0.440. The van der Waals surface area contributed by atoms with Crippen LogP contribution < -0.4 is 10.6 Å². The molecule has 0 atom stereocenters. The molecule has 0 fully saturated rings. The van der Waals surface area contributed by atoms with Crippen molar-refractivity contribution in [3.63, 3.8) is 0 Å². The van der Waals surface area contributed by atoms with Gasteiger partial charge in [0, 0.05) is 54.6 Å². The van der Waals surface area contributed by atoms with Crippen LogP contribution in [0.4, 0.5) is 11.4 Å². The normalized spacial score (nSPS) is 10.4. The van der Waals surface area contributed by atoms with E-state index in [4.69, 9.17) is 0 Å². The van der Waals surface area contributed by atoms with Crippen molar-refractivity contribution >= 4 is 17.3 Å². The number of non-ortho nitro benzene ring substituents is 1. The van der Waals surface area contributed by atoms with E-state index in [1.54, 1.807) is 30.7 Å². The molecule has 138 valence electrons. The minimum absolute atomic E-state index is 0.0449. The molecule has 1 amide bonds. The van der Waals surface area contributed by atoms with E-state index in [0.717, 1.165) is 16.9 Å². The standard InChI is InChI=1S/C19H19N5O3/c1-14-12-17(23-11-10-20-13-23)6-7-18(14)19(25)22-9-8-21-15-2-4-16(5-3-15)24(26)27/h2-7,10-13,21H,8-9H2,1H3,(H,22,25). The predicted molar refractivity (Wildman–Crippen MR) is 102 cm³/mol. The Kier molecular flexibility index (Phi) is 5.46. The van der Waals surface area contributed by atoms with Crippen molar-refractivity contribution in [2.45, 2.75) is 6.92 Å². The fourth-order valence-corrected chi connectivity index (χ4v) is 2.65. The van der Waals surface area contributed by atoms with Crippen LogP contribution in [0.2, 0.25) is 0 Å². The number of imidazole rings is 1. The van der Waals surface area contributed by atoms with Gasteiger partial charge in [0.05, 0.1) is 11.3 Å². The van der Waals surface area contributed by atoms with Gasteiger partial charge in [0.15, 0.2) is 0 Å². The SMILES string of the molecule is Cc1cc(-n2ccnc2)ccc1C(=O)NCCNc1ccc([N+](=O)[O-])cc1. The molecule has 8 heteroatoms. The van der Waals surface area contributed by atoms with Crippen molar-refractivity contribution in [1.82, 2.24) is 14.9 Å². The van der Waals surface area contributed by atoms with Crippen molar-refractivity contribution in [2.24, 2.45) is 0 Å². The predicted octanol–water partition coefficient (Wildman–Crippen LogP) is 2.93. The lowest BCUT2D eigenvalue weighted by Gasteiger charge is -2.11. The molecule has 8 nitrogen and oxygen atoms in total. The largest absolute Gasteiger partial charge is 0.383 e. The molecule has 0 saturated heterocycles. The first-order valence-corrected chi connectivity index (χ1v) is 8.40. The third-order valence-electron chi connectivity index (χ3n) is 4.07. The van der Waals surface area contributed by atoms with Gasteiger partial charge in [0.25, 0.3) is 11.6 Å². The van der Waals surface area contributed by atoms with Crippen molar-refractivity contribution in [1.29, 1.82) is 0 Å². The van der Waals surface area contributed by atoms with E-state index in [1.165, 1.54) is 12.1 Å². The molecule has 27 heavy (non-hydrogen) atoms. The van der Waals surface area contributed by atoms with Crippen LogP contribution in [-0.4, -0.2) is 33.5 Å². The van der Waals surface area contributed by atoms with Gasteiger partial charge in [0.1, 0.15) is 0 Å². The van der Waals surface area contributed by atoms with Crippen molar-refractivity contribution in [2.75, 3.05) is 18.4 Å². The van der Waals surface area contributed by atoms with Gasteiger partial charge in [-0.3, -0.25) is 14.9 Å². The third kappa shape index (κ3) is 4.49. The Morgan fingerprint density at radius 1 is 1.19 bits per heavy atom. The van der Waals surface area contributed by atoms with E-state index in [0.29, 0.717) is 18.7 Å². The molecule has 1 heterocycles. The van der Waals surface area contributed by atoms with E-state index in [1.807, 2.05) is 29.8 Å². The Balaban J connectivity index is 1.51. The highest BCUT2D eigenvalue weighted by Crippen LogP contribution is 2.16. The summed E-state index contributed by atoms with van der Waals surface area (Å²) in [4.78, 5) is 26.6. The second-order valence-corrected chi connectivity index (χ2v) is 5.96. The second kappa shape index (κ2) is 8.13. The number of carbonyl (C=O) groups excluding carboxylic acids is 1. The number of hydrogen-bond donors (Lipinski definition) is 2. The summed E-state index contributed by atoms with van der Waals surface area (Å²) in [7, 11) is 0. The molecule has 0 bridgehead atoms. The number of nitro groups is 1. The summed E-state index contributed by atoms with van der Waals surface area (Å²) in [6, 6.07) is 11.8. The van der Waals surface area contributed by atoms with Gasteiger partial charge in [-0.05, 0) is 42.8 Å². The van der Waals surface area contributed by atoms with E-state index in [2.05, 4.69) is 15.6 Å². The number of rotatable bonds is 7. The quantitative estimate of drug-likeness (QED) is 0.381. The van der Waals surface area contributed by atoms with Crippen LogP contribution in [0, 0.1) is 17.0 Å². The van der Waals surface area contributed by atoms with Crippen molar-refractivity contribution in [3.8, 4) is 5.69 Å². The molecule has 0 saturated carbocycles. The van der Waals surface area contributed by atoms with Crippen molar-refractivity contribution in [3.05, 3.63) is 82.4 Å². The summed E-state index contributed by atoms with van der Waals surface area (Å²) in [5.41, 5.74) is 3.25. The molecule has 0 aliphatic heterocycles. The fraction of sp³-hybridized carbons (Fsp3) is 0.158. The van der Waals surface area contributed by atoms with Gasteiger partial charge in [-0.15, -0.1) is 0 Å². The zero-order valence-electron chi connectivity index (χ0n) is 14.8. The fourth-order valence-electron chi connectivity index (χ4n) is 2.65. The summed E-state index contributed by atoms with van der Waals surface area (Å²) >= 11 is 0. The molecule has 0 spiro atoms. The lowest BCUT2D eigenvalue weighted by molar-refractivity contribution is -0.384. The highest BCUT2D eigenvalue weighted by atomic mass is 16.6. The summed E-state index contributed by atoms with van der Waals surface area (Å²) in [5, 5.41) is 16.6. The van der Waals surface area contributed by atoms with Crippen molar-refractivity contribution < 1.29 is 9.72 Å². The molecule has 3 rings (SSSR count).